The average molecular weight is 351 g/mol. The first-order chi connectivity index (χ1) is 12.5. The van der Waals surface area contributed by atoms with E-state index in [9.17, 15) is 9.59 Å². The number of fused-ring (bicyclic) bond motifs is 1. The summed E-state index contributed by atoms with van der Waals surface area (Å²) in [5.41, 5.74) is 3.84. The second-order valence-electron chi connectivity index (χ2n) is 6.18. The van der Waals surface area contributed by atoms with Crippen molar-refractivity contribution in [1.29, 1.82) is 0 Å². The van der Waals surface area contributed by atoms with Crippen molar-refractivity contribution >= 4 is 28.5 Å². The van der Waals surface area contributed by atoms with Crippen LogP contribution in [0.3, 0.4) is 0 Å². The molecular formula is C19H21N5O2. The van der Waals surface area contributed by atoms with Gasteiger partial charge < -0.3 is 10.2 Å². The molecule has 0 radical (unpaired) electrons. The third-order valence-corrected chi connectivity index (χ3v) is 4.20. The van der Waals surface area contributed by atoms with Crippen molar-refractivity contribution in [3.63, 3.8) is 0 Å². The maximum atomic E-state index is 12.6. The maximum absolute atomic E-state index is 12.6. The molecule has 0 aliphatic rings. The standard InChI is InChI=1S/C19H21N5O2/c1-4-13-6-5-7-15(10-13)20-18(25)12-23(2)19(26)14-8-9-17-16(11-14)21-22-24(17)3/h5-11H,4,12H2,1-3H3,(H,20,25). The molecule has 3 aromatic rings. The van der Waals surface area contributed by atoms with Crippen molar-refractivity contribution < 1.29 is 9.59 Å². The van der Waals surface area contributed by atoms with Gasteiger partial charge in [0.15, 0.2) is 0 Å². The molecule has 0 spiro atoms. The van der Waals surface area contributed by atoms with E-state index < -0.39 is 0 Å². The molecule has 7 nitrogen and oxygen atoms in total. The predicted octanol–water partition coefficient (Wildman–Crippen LogP) is 2.24. The third kappa shape index (κ3) is 3.72. The monoisotopic (exact) mass is 351 g/mol. The highest BCUT2D eigenvalue weighted by Gasteiger charge is 2.16. The predicted molar refractivity (Wildman–Crippen MR) is 99.9 cm³/mol. The normalized spacial score (nSPS) is 10.7. The molecular weight excluding hydrogens is 330 g/mol. The van der Waals surface area contributed by atoms with Crippen molar-refractivity contribution in [1.82, 2.24) is 19.9 Å². The maximum Gasteiger partial charge on any atom is 0.254 e. The number of benzene rings is 2. The SMILES string of the molecule is CCc1cccc(NC(=O)CN(C)C(=O)c2ccc3c(c2)nnn3C)c1. The van der Waals surface area contributed by atoms with Crippen LogP contribution in [0.5, 0.6) is 0 Å². The third-order valence-electron chi connectivity index (χ3n) is 4.20. The van der Waals surface area contributed by atoms with E-state index in [1.165, 1.54) is 4.90 Å². The summed E-state index contributed by atoms with van der Waals surface area (Å²) >= 11 is 0. The van der Waals surface area contributed by atoms with E-state index in [-0.39, 0.29) is 18.4 Å². The molecule has 0 atom stereocenters. The summed E-state index contributed by atoms with van der Waals surface area (Å²) in [6.07, 6.45) is 0.896. The lowest BCUT2D eigenvalue weighted by molar-refractivity contribution is -0.116. The summed E-state index contributed by atoms with van der Waals surface area (Å²) in [4.78, 5) is 26.2. The Bertz CT molecular complexity index is 963. The molecule has 3 rings (SSSR count). The highest BCUT2D eigenvalue weighted by Crippen LogP contribution is 2.14. The molecule has 1 aromatic heterocycles. The van der Waals surface area contributed by atoms with Gasteiger partial charge in [0.05, 0.1) is 12.1 Å². The molecule has 0 bridgehead atoms. The average Bonchev–Trinajstić information content (AvgIpc) is 3.01. The fraction of sp³-hybridized carbons (Fsp3) is 0.263. The van der Waals surface area contributed by atoms with Crippen LogP contribution in [0, 0.1) is 0 Å². The Kier molecular flexibility index (Phi) is 4.97. The van der Waals surface area contributed by atoms with Crippen LogP contribution in [-0.2, 0) is 18.3 Å². The van der Waals surface area contributed by atoms with Gasteiger partial charge >= 0.3 is 0 Å². The Hall–Kier alpha value is -3.22. The molecule has 0 saturated carbocycles. The van der Waals surface area contributed by atoms with Crippen molar-refractivity contribution in [3.8, 4) is 0 Å². The second kappa shape index (κ2) is 7.35. The molecule has 0 aliphatic carbocycles. The molecule has 0 aliphatic heterocycles. The van der Waals surface area contributed by atoms with Gasteiger partial charge in [-0.15, -0.1) is 5.10 Å². The summed E-state index contributed by atoms with van der Waals surface area (Å²) in [6, 6.07) is 12.9. The number of anilines is 1. The first-order valence-electron chi connectivity index (χ1n) is 8.41. The van der Waals surface area contributed by atoms with Crippen molar-refractivity contribution in [3.05, 3.63) is 53.6 Å². The van der Waals surface area contributed by atoms with Crippen LogP contribution in [-0.4, -0.2) is 45.3 Å². The number of aryl methyl sites for hydroxylation is 2. The summed E-state index contributed by atoms with van der Waals surface area (Å²) in [6.45, 7) is 2.02. The van der Waals surface area contributed by atoms with Crippen LogP contribution in [0.2, 0.25) is 0 Å². The molecule has 0 unspecified atom stereocenters. The highest BCUT2D eigenvalue weighted by atomic mass is 16.2. The van der Waals surface area contributed by atoms with Crippen LogP contribution in [0.15, 0.2) is 42.5 Å². The number of nitrogens with one attached hydrogen (secondary N) is 1. The molecule has 7 heteroatoms. The van der Waals surface area contributed by atoms with Crippen molar-refractivity contribution in [2.75, 3.05) is 18.9 Å². The van der Waals surface area contributed by atoms with Gasteiger partial charge in [0.25, 0.3) is 5.91 Å². The molecule has 1 heterocycles. The lowest BCUT2D eigenvalue weighted by Crippen LogP contribution is -2.34. The molecule has 134 valence electrons. The van der Waals surface area contributed by atoms with Gasteiger partial charge in [-0.1, -0.05) is 24.3 Å². The van der Waals surface area contributed by atoms with Crippen LogP contribution in [0.1, 0.15) is 22.8 Å². The first-order valence-corrected chi connectivity index (χ1v) is 8.41. The van der Waals surface area contributed by atoms with E-state index in [0.29, 0.717) is 11.1 Å². The Balaban J connectivity index is 1.66. The van der Waals surface area contributed by atoms with Crippen molar-refractivity contribution in [2.45, 2.75) is 13.3 Å². The van der Waals surface area contributed by atoms with Gasteiger partial charge in [-0.25, -0.2) is 4.68 Å². The smallest absolute Gasteiger partial charge is 0.254 e. The molecule has 2 aromatic carbocycles. The van der Waals surface area contributed by atoms with E-state index in [1.54, 1.807) is 37.0 Å². The van der Waals surface area contributed by atoms with Gasteiger partial charge in [0, 0.05) is 25.3 Å². The number of carbonyl (C=O) groups is 2. The van der Waals surface area contributed by atoms with Crippen molar-refractivity contribution in [2.24, 2.45) is 7.05 Å². The van der Waals surface area contributed by atoms with Crippen LogP contribution in [0.25, 0.3) is 11.0 Å². The zero-order chi connectivity index (χ0) is 18.7. The highest BCUT2D eigenvalue weighted by molar-refractivity contribution is 6.00. The Morgan fingerprint density at radius 2 is 2.00 bits per heavy atom. The summed E-state index contributed by atoms with van der Waals surface area (Å²) < 4.78 is 1.64. The largest absolute Gasteiger partial charge is 0.332 e. The van der Waals surface area contributed by atoms with Gasteiger partial charge in [0.1, 0.15) is 5.52 Å². The molecule has 2 amide bonds. The topological polar surface area (TPSA) is 80.1 Å². The van der Waals surface area contributed by atoms with E-state index in [2.05, 4.69) is 22.6 Å². The fourth-order valence-corrected chi connectivity index (χ4v) is 2.75. The number of amides is 2. The molecule has 26 heavy (non-hydrogen) atoms. The lowest BCUT2D eigenvalue weighted by atomic mass is 10.1. The fourth-order valence-electron chi connectivity index (χ4n) is 2.75. The minimum absolute atomic E-state index is 0.0340. The number of aromatic nitrogens is 3. The van der Waals surface area contributed by atoms with E-state index in [0.717, 1.165) is 23.2 Å². The zero-order valence-corrected chi connectivity index (χ0v) is 15.1. The van der Waals surface area contributed by atoms with E-state index in [1.807, 2.05) is 24.3 Å². The molecule has 0 fully saturated rings. The Labute approximate surface area is 151 Å². The van der Waals surface area contributed by atoms with Crippen LogP contribution < -0.4 is 5.32 Å². The number of hydrogen-bond donors (Lipinski definition) is 1. The number of rotatable bonds is 5. The van der Waals surface area contributed by atoms with Crippen LogP contribution in [0.4, 0.5) is 5.69 Å². The van der Waals surface area contributed by atoms with Gasteiger partial charge in [-0.2, -0.15) is 0 Å². The Morgan fingerprint density at radius 1 is 1.19 bits per heavy atom. The summed E-state index contributed by atoms with van der Waals surface area (Å²) in [5, 5.41) is 10.8. The lowest BCUT2D eigenvalue weighted by Gasteiger charge is -2.17. The number of likely N-dealkylation sites (N-methyl/N-ethyl adjacent to an activating group) is 1. The number of carbonyl (C=O) groups excluding carboxylic acids is 2. The summed E-state index contributed by atoms with van der Waals surface area (Å²) in [5.74, 6) is -0.482. The molecule has 1 N–H and O–H groups in total. The quantitative estimate of drug-likeness (QED) is 0.764. The molecule has 0 saturated heterocycles. The first kappa shape index (κ1) is 17.6. The Morgan fingerprint density at radius 3 is 2.77 bits per heavy atom. The van der Waals surface area contributed by atoms with Gasteiger partial charge in [0.2, 0.25) is 5.91 Å². The minimum atomic E-state index is -0.241. The van der Waals surface area contributed by atoms with Gasteiger partial charge in [-0.3, -0.25) is 9.59 Å². The number of hydrogen-bond acceptors (Lipinski definition) is 4. The summed E-state index contributed by atoms with van der Waals surface area (Å²) in [7, 11) is 3.39. The zero-order valence-electron chi connectivity index (χ0n) is 15.1. The minimum Gasteiger partial charge on any atom is -0.332 e. The van der Waals surface area contributed by atoms with E-state index in [4.69, 9.17) is 0 Å². The number of nitrogens with zero attached hydrogens (tertiary/aromatic N) is 4. The van der Waals surface area contributed by atoms with Gasteiger partial charge in [-0.05, 0) is 42.3 Å². The van der Waals surface area contributed by atoms with Crippen LogP contribution >= 0.6 is 0 Å². The second-order valence-corrected chi connectivity index (χ2v) is 6.18. The van der Waals surface area contributed by atoms with E-state index >= 15 is 0 Å².